The Morgan fingerprint density at radius 2 is 2.04 bits per heavy atom. The lowest BCUT2D eigenvalue weighted by Gasteiger charge is -2.13. The predicted molar refractivity (Wildman–Crippen MR) is 93.0 cm³/mol. The van der Waals surface area contributed by atoms with Crippen molar-refractivity contribution in [2.24, 2.45) is 7.05 Å². The summed E-state index contributed by atoms with van der Waals surface area (Å²) in [5.74, 6) is 1.00. The Morgan fingerprint density at radius 1 is 1.27 bits per heavy atom. The molecule has 0 spiro atoms. The first-order valence-electron chi connectivity index (χ1n) is 8.85. The summed E-state index contributed by atoms with van der Waals surface area (Å²) >= 11 is 0. The highest BCUT2D eigenvalue weighted by atomic mass is 32.2. The van der Waals surface area contributed by atoms with Gasteiger partial charge in [0.25, 0.3) is 5.89 Å². The quantitative estimate of drug-likeness (QED) is 0.770. The van der Waals surface area contributed by atoms with Crippen LogP contribution in [-0.2, 0) is 34.6 Å². The third-order valence-corrected chi connectivity index (χ3v) is 6.11. The molecule has 1 saturated heterocycles. The van der Waals surface area contributed by atoms with E-state index >= 15 is 0 Å². The fourth-order valence-corrected chi connectivity index (χ4v) is 4.92. The Labute approximate surface area is 153 Å². The number of nitrogens with one attached hydrogen (secondary N) is 1. The number of hydrogen-bond donors (Lipinski definition) is 1. The number of hydrogen-bond acceptors (Lipinski definition) is 7. The first-order chi connectivity index (χ1) is 12.4. The largest absolute Gasteiger partial charge is 0.364 e. The molecule has 1 aliphatic rings. The Hall–Kier alpha value is -1.78. The molecule has 26 heavy (non-hydrogen) atoms. The van der Waals surface area contributed by atoms with Crippen LogP contribution in [0.25, 0.3) is 0 Å². The van der Waals surface area contributed by atoms with E-state index in [0.29, 0.717) is 40.8 Å². The minimum atomic E-state index is -3.66. The zero-order valence-electron chi connectivity index (χ0n) is 15.5. The van der Waals surface area contributed by atoms with Crippen LogP contribution in [0.3, 0.4) is 0 Å². The molecule has 0 radical (unpaired) electrons. The van der Waals surface area contributed by atoms with Crippen molar-refractivity contribution in [2.75, 3.05) is 6.54 Å². The summed E-state index contributed by atoms with van der Waals surface area (Å²) in [4.78, 5) is 4.48. The average molecular weight is 383 g/mol. The van der Waals surface area contributed by atoms with E-state index in [2.05, 4.69) is 20.0 Å². The topological polar surface area (TPSA) is 112 Å². The molecule has 3 rings (SSSR count). The lowest BCUT2D eigenvalue weighted by Crippen LogP contribution is -2.32. The SMILES string of the molecule is CCc1nn(C)c(CC)c1S(=O)(=O)NC[C@H]1CC[C@@H](c2nc(C)no2)O1. The smallest absolute Gasteiger partial charge is 0.255 e. The summed E-state index contributed by atoms with van der Waals surface area (Å²) in [6, 6.07) is 0. The van der Waals surface area contributed by atoms with Gasteiger partial charge < -0.3 is 9.26 Å². The molecule has 0 saturated carbocycles. The van der Waals surface area contributed by atoms with Gasteiger partial charge in [-0.1, -0.05) is 19.0 Å². The van der Waals surface area contributed by atoms with Crippen molar-refractivity contribution in [1.29, 1.82) is 0 Å². The number of aromatic nitrogens is 4. The van der Waals surface area contributed by atoms with E-state index in [0.717, 1.165) is 12.8 Å². The number of sulfonamides is 1. The molecular weight excluding hydrogens is 358 g/mol. The Balaban J connectivity index is 1.68. The maximum Gasteiger partial charge on any atom is 0.255 e. The van der Waals surface area contributed by atoms with Gasteiger partial charge in [-0.2, -0.15) is 10.1 Å². The molecule has 144 valence electrons. The lowest BCUT2D eigenvalue weighted by atomic mass is 10.2. The van der Waals surface area contributed by atoms with Crippen LogP contribution in [0.4, 0.5) is 0 Å². The molecule has 1 fully saturated rings. The van der Waals surface area contributed by atoms with Gasteiger partial charge in [0.05, 0.1) is 17.5 Å². The molecule has 9 nitrogen and oxygen atoms in total. The van der Waals surface area contributed by atoms with E-state index in [4.69, 9.17) is 9.26 Å². The first kappa shape index (κ1) is 19.0. The Morgan fingerprint density at radius 3 is 2.65 bits per heavy atom. The summed E-state index contributed by atoms with van der Waals surface area (Å²) < 4.78 is 41.0. The van der Waals surface area contributed by atoms with Crippen molar-refractivity contribution in [3.8, 4) is 0 Å². The molecule has 1 aliphatic heterocycles. The highest BCUT2D eigenvalue weighted by Gasteiger charge is 2.32. The molecule has 0 unspecified atom stereocenters. The number of nitrogens with zero attached hydrogens (tertiary/aromatic N) is 4. The highest BCUT2D eigenvalue weighted by molar-refractivity contribution is 7.89. The Bertz CT molecular complexity index is 873. The molecular formula is C16H25N5O4S. The Kier molecular flexibility index (Phi) is 5.44. The molecule has 2 atom stereocenters. The van der Waals surface area contributed by atoms with Crippen molar-refractivity contribution in [3.63, 3.8) is 0 Å². The van der Waals surface area contributed by atoms with Crippen LogP contribution < -0.4 is 4.72 Å². The summed E-state index contributed by atoms with van der Waals surface area (Å²) in [5, 5.41) is 8.10. The van der Waals surface area contributed by atoms with Crippen LogP contribution in [0.5, 0.6) is 0 Å². The molecule has 0 aliphatic carbocycles. The van der Waals surface area contributed by atoms with Crippen molar-refractivity contribution < 1.29 is 17.7 Å². The molecule has 0 aromatic carbocycles. The van der Waals surface area contributed by atoms with Crippen LogP contribution in [0.15, 0.2) is 9.42 Å². The third-order valence-electron chi connectivity index (χ3n) is 4.55. The molecule has 2 aromatic heterocycles. The monoisotopic (exact) mass is 383 g/mol. The van der Waals surface area contributed by atoms with Gasteiger partial charge in [0.2, 0.25) is 10.0 Å². The van der Waals surface area contributed by atoms with Crippen molar-refractivity contribution in [1.82, 2.24) is 24.6 Å². The van der Waals surface area contributed by atoms with Gasteiger partial charge in [-0.3, -0.25) is 4.68 Å². The first-order valence-corrected chi connectivity index (χ1v) is 10.3. The molecule has 0 amide bonds. The zero-order valence-corrected chi connectivity index (χ0v) is 16.3. The minimum absolute atomic E-state index is 0.202. The second-order valence-electron chi connectivity index (χ2n) is 6.41. The molecule has 10 heteroatoms. The van der Waals surface area contributed by atoms with E-state index < -0.39 is 10.0 Å². The standard InChI is InChI=1S/C16H25N5O4S/c1-5-12-15(13(6-2)21(4)19-12)26(22,23)17-9-11-7-8-14(24-11)16-18-10(3)20-25-16/h11,14,17H,5-9H2,1-4H3/t11-,14+/m1/s1. The maximum atomic E-state index is 12.9. The van der Waals surface area contributed by atoms with Gasteiger partial charge in [-0.15, -0.1) is 0 Å². The van der Waals surface area contributed by atoms with E-state index in [1.165, 1.54) is 0 Å². The van der Waals surface area contributed by atoms with Gasteiger partial charge in [0, 0.05) is 13.6 Å². The minimum Gasteiger partial charge on any atom is -0.364 e. The van der Waals surface area contributed by atoms with E-state index in [-0.39, 0.29) is 18.8 Å². The second kappa shape index (κ2) is 7.45. The average Bonchev–Trinajstić information content (AvgIpc) is 3.30. The van der Waals surface area contributed by atoms with Gasteiger partial charge in [-0.25, -0.2) is 13.1 Å². The fraction of sp³-hybridized carbons (Fsp3) is 0.688. The molecule has 0 bridgehead atoms. The maximum absolute atomic E-state index is 12.9. The third kappa shape index (κ3) is 3.67. The van der Waals surface area contributed by atoms with E-state index in [9.17, 15) is 8.42 Å². The van der Waals surface area contributed by atoms with Crippen molar-refractivity contribution in [3.05, 3.63) is 23.1 Å². The highest BCUT2D eigenvalue weighted by Crippen LogP contribution is 2.31. The van der Waals surface area contributed by atoms with E-state index in [1.807, 2.05) is 13.8 Å². The van der Waals surface area contributed by atoms with Gasteiger partial charge in [-0.05, 0) is 32.6 Å². The predicted octanol–water partition coefficient (Wildman–Crippen LogP) is 1.43. The second-order valence-corrected chi connectivity index (χ2v) is 8.11. The molecule has 1 N–H and O–H groups in total. The molecule has 3 heterocycles. The normalized spacial score (nSPS) is 20.8. The van der Waals surface area contributed by atoms with Gasteiger partial charge in [0.15, 0.2) is 5.82 Å². The van der Waals surface area contributed by atoms with Crippen LogP contribution in [0.2, 0.25) is 0 Å². The van der Waals surface area contributed by atoms with Gasteiger partial charge in [0.1, 0.15) is 11.0 Å². The molecule has 2 aromatic rings. The van der Waals surface area contributed by atoms with Crippen LogP contribution >= 0.6 is 0 Å². The fourth-order valence-electron chi connectivity index (χ4n) is 3.29. The van der Waals surface area contributed by atoms with Crippen LogP contribution in [0, 0.1) is 6.92 Å². The van der Waals surface area contributed by atoms with Crippen molar-refractivity contribution in [2.45, 2.75) is 63.6 Å². The number of rotatable bonds is 7. The number of aryl methyl sites for hydroxylation is 3. The van der Waals surface area contributed by atoms with Crippen molar-refractivity contribution >= 4 is 10.0 Å². The number of ether oxygens (including phenoxy) is 1. The van der Waals surface area contributed by atoms with E-state index in [1.54, 1.807) is 18.7 Å². The summed E-state index contributed by atoms with van der Waals surface area (Å²) in [6.45, 7) is 5.77. The van der Waals surface area contributed by atoms with Crippen LogP contribution in [0.1, 0.15) is 55.9 Å². The van der Waals surface area contributed by atoms with Gasteiger partial charge >= 0.3 is 0 Å². The zero-order chi connectivity index (χ0) is 18.9. The van der Waals surface area contributed by atoms with Crippen LogP contribution in [-0.4, -0.2) is 41.0 Å². The summed E-state index contributed by atoms with van der Waals surface area (Å²) in [5.41, 5.74) is 1.30. The summed E-state index contributed by atoms with van der Waals surface area (Å²) in [7, 11) is -1.88. The summed E-state index contributed by atoms with van der Waals surface area (Å²) in [6.07, 6.45) is 2.10. The lowest BCUT2D eigenvalue weighted by molar-refractivity contribution is 0.0290.